The number of hydrogen-bond acceptors (Lipinski definition) is 5. The molecule has 5 atom stereocenters. The summed E-state index contributed by atoms with van der Waals surface area (Å²) >= 11 is 0. The summed E-state index contributed by atoms with van der Waals surface area (Å²) in [6.07, 6.45) is -2.36. The van der Waals surface area contributed by atoms with Crippen LogP contribution < -0.4 is 0 Å². The normalized spacial score (nSPS) is 39.6. The van der Waals surface area contributed by atoms with Crippen LogP contribution in [0.2, 0.25) is 0 Å². The molecule has 0 spiro atoms. The van der Waals surface area contributed by atoms with E-state index in [1.54, 1.807) is 32.1 Å². The number of alkyl halides is 3. The van der Waals surface area contributed by atoms with Gasteiger partial charge in [-0.25, -0.2) is 9.59 Å². The first-order valence-corrected chi connectivity index (χ1v) is 7.73. The third kappa shape index (κ3) is 3.35. The Morgan fingerprint density at radius 1 is 1.44 bits per heavy atom. The van der Waals surface area contributed by atoms with Gasteiger partial charge in [0.1, 0.15) is 18.3 Å². The Labute approximate surface area is 142 Å². The highest BCUT2D eigenvalue weighted by Gasteiger charge is 2.57. The molecule has 0 radical (unpaired) electrons. The van der Waals surface area contributed by atoms with E-state index in [0.717, 1.165) is 5.57 Å². The highest BCUT2D eigenvalue weighted by Crippen LogP contribution is 2.46. The van der Waals surface area contributed by atoms with Crippen LogP contribution in [0.3, 0.4) is 0 Å². The Kier molecular flexibility index (Phi) is 4.06. The van der Waals surface area contributed by atoms with Crippen molar-refractivity contribution in [1.29, 1.82) is 0 Å². The largest absolute Gasteiger partial charge is 0.490 e. The highest BCUT2D eigenvalue weighted by atomic mass is 19.4. The second kappa shape index (κ2) is 5.72. The zero-order valence-corrected chi connectivity index (χ0v) is 13.6. The third-order valence-electron chi connectivity index (χ3n) is 4.66. The van der Waals surface area contributed by atoms with Crippen molar-refractivity contribution in [3.8, 4) is 0 Å². The van der Waals surface area contributed by atoms with Crippen molar-refractivity contribution in [2.24, 2.45) is 5.92 Å². The second-order valence-electron chi connectivity index (χ2n) is 6.69. The molecule has 0 unspecified atom stereocenters. The van der Waals surface area contributed by atoms with Crippen LogP contribution in [0.4, 0.5) is 13.2 Å². The Balaban J connectivity index is 1.97. The van der Waals surface area contributed by atoms with E-state index in [4.69, 9.17) is 14.2 Å². The zero-order valence-electron chi connectivity index (χ0n) is 13.6. The predicted molar refractivity (Wildman–Crippen MR) is 79.2 cm³/mol. The van der Waals surface area contributed by atoms with Crippen molar-refractivity contribution >= 4 is 11.9 Å². The lowest BCUT2D eigenvalue weighted by molar-refractivity contribution is -0.208. The number of ether oxygens (including phenoxy) is 3. The van der Waals surface area contributed by atoms with Gasteiger partial charge >= 0.3 is 18.1 Å². The predicted octanol–water partition coefficient (Wildman–Crippen LogP) is 2.62. The molecule has 2 saturated heterocycles. The number of fused-ring (bicyclic) bond motifs is 2. The summed E-state index contributed by atoms with van der Waals surface area (Å²) in [6, 6.07) is 0. The first kappa shape index (κ1) is 17.7. The first-order valence-electron chi connectivity index (χ1n) is 7.73. The minimum absolute atomic E-state index is 0.00641. The number of esters is 2. The summed E-state index contributed by atoms with van der Waals surface area (Å²) in [6.45, 7) is 7.10. The molecule has 2 fully saturated rings. The van der Waals surface area contributed by atoms with Crippen molar-refractivity contribution in [3.05, 3.63) is 36.0 Å². The number of carbonyl (C=O) groups is 2. The van der Waals surface area contributed by atoms with Crippen molar-refractivity contribution in [3.63, 3.8) is 0 Å². The molecule has 136 valence electrons. The summed E-state index contributed by atoms with van der Waals surface area (Å²) in [4.78, 5) is 23.3. The van der Waals surface area contributed by atoms with Crippen LogP contribution in [-0.2, 0) is 23.8 Å². The van der Waals surface area contributed by atoms with E-state index in [0.29, 0.717) is 0 Å². The third-order valence-corrected chi connectivity index (χ3v) is 4.66. The van der Waals surface area contributed by atoms with Gasteiger partial charge in [-0.1, -0.05) is 24.3 Å². The van der Waals surface area contributed by atoms with Crippen LogP contribution in [0.1, 0.15) is 20.3 Å². The highest BCUT2D eigenvalue weighted by molar-refractivity contribution is 5.91. The van der Waals surface area contributed by atoms with Gasteiger partial charge < -0.3 is 14.2 Å². The molecule has 3 aliphatic rings. The van der Waals surface area contributed by atoms with Crippen LogP contribution in [0.15, 0.2) is 36.0 Å². The fourth-order valence-electron chi connectivity index (χ4n) is 3.24. The summed E-state index contributed by atoms with van der Waals surface area (Å²) in [5.74, 6) is -3.92. The summed E-state index contributed by atoms with van der Waals surface area (Å²) < 4.78 is 53.5. The molecule has 0 amide bonds. The average Bonchev–Trinajstić information content (AvgIpc) is 3.04. The molecule has 0 bridgehead atoms. The number of rotatable bonds is 1. The molecule has 1 aliphatic carbocycles. The average molecular weight is 358 g/mol. The molecular formula is C17H17F3O5. The smallest absolute Gasteiger partial charge is 0.455 e. The molecule has 0 aromatic carbocycles. The van der Waals surface area contributed by atoms with E-state index in [9.17, 15) is 22.8 Å². The van der Waals surface area contributed by atoms with Gasteiger partial charge in [0, 0.05) is 12.0 Å². The summed E-state index contributed by atoms with van der Waals surface area (Å²) in [5, 5.41) is 0. The SMILES string of the molecule is C=C1C(=O)O[C@H]2/C=C(/C)C=C[C@H]3O[C@]3(C)C[C@@H](OC(=O)C(F)(F)F)[C@@H]12. The minimum atomic E-state index is -5.13. The van der Waals surface area contributed by atoms with Gasteiger partial charge in [-0.05, 0) is 19.9 Å². The molecule has 2 aliphatic heterocycles. The van der Waals surface area contributed by atoms with Gasteiger partial charge in [-0.2, -0.15) is 13.2 Å². The number of carbonyl (C=O) groups excluding carboxylic acids is 2. The molecule has 8 heteroatoms. The molecule has 5 nitrogen and oxygen atoms in total. The van der Waals surface area contributed by atoms with Gasteiger partial charge in [0.15, 0.2) is 0 Å². The van der Waals surface area contributed by atoms with Crippen molar-refractivity contribution < 1.29 is 37.0 Å². The van der Waals surface area contributed by atoms with Gasteiger partial charge in [0.05, 0.1) is 11.5 Å². The lowest BCUT2D eigenvalue weighted by atomic mass is 9.83. The number of epoxide rings is 1. The van der Waals surface area contributed by atoms with E-state index in [1.165, 1.54) is 0 Å². The second-order valence-corrected chi connectivity index (χ2v) is 6.69. The van der Waals surface area contributed by atoms with E-state index in [2.05, 4.69) is 6.58 Å². The van der Waals surface area contributed by atoms with Crippen molar-refractivity contribution in [1.82, 2.24) is 0 Å². The Morgan fingerprint density at radius 2 is 2.12 bits per heavy atom. The maximum absolute atomic E-state index is 12.7. The maximum Gasteiger partial charge on any atom is 0.490 e. The Hall–Kier alpha value is -2.09. The van der Waals surface area contributed by atoms with Crippen LogP contribution in [0.25, 0.3) is 0 Å². The molecule has 0 aromatic rings. The standard InChI is InChI=1S/C17H17F3O5/c1-8-4-5-12-16(3,25-12)7-11(24-15(22)17(18,19)20)13-9(2)14(21)23-10(13)6-8/h4-6,10-13H,2,7H2,1,3H3/b5-4?,8-6-/t10-,11+,12+,13-,16+/m0/s1. The van der Waals surface area contributed by atoms with Gasteiger partial charge in [0.2, 0.25) is 0 Å². The number of hydrogen-bond donors (Lipinski definition) is 0. The monoisotopic (exact) mass is 358 g/mol. The van der Waals surface area contributed by atoms with Gasteiger partial charge in [0.25, 0.3) is 0 Å². The van der Waals surface area contributed by atoms with E-state index >= 15 is 0 Å². The Morgan fingerprint density at radius 3 is 2.76 bits per heavy atom. The fraction of sp³-hybridized carbons (Fsp3) is 0.529. The van der Waals surface area contributed by atoms with Crippen molar-refractivity contribution in [2.45, 2.75) is 50.4 Å². The molecule has 2 heterocycles. The molecular weight excluding hydrogens is 341 g/mol. The first-order chi connectivity index (χ1) is 11.5. The van der Waals surface area contributed by atoms with Gasteiger partial charge in [-0.15, -0.1) is 0 Å². The zero-order chi connectivity index (χ0) is 18.6. The van der Waals surface area contributed by atoms with Crippen LogP contribution in [0.5, 0.6) is 0 Å². The fourth-order valence-corrected chi connectivity index (χ4v) is 3.24. The van der Waals surface area contributed by atoms with Crippen LogP contribution >= 0.6 is 0 Å². The maximum atomic E-state index is 12.7. The van der Waals surface area contributed by atoms with Crippen LogP contribution in [0, 0.1) is 5.92 Å². The van der Waals surface area contributed by atoms with E-state index < -0.39 is 41.8 Å². The van der Waals surface area contributed by atoms with Gasteiger partial charge in [-0.3, -0.25) is 0 Å². The topological polar surface area (TPSA) is 65.1 Å². The lowest BCUT2D eigenvalue weighted by Gasteiger charge is -2.28. The molecule has 25 heavy (non-hydrogen) atoms. The molecule has 0 N–H and O–H groups in total. The van der Waals surface area contributed by atoms with Crippen LogP contribution in [-0.4, -0.2) is 42.0 Å². The molecule has 3 rings (SSSR count). The van der Waals surface area contributed by atoms with E-state index in [-0.39, 0.29) is 18.1 Å². The molecule has 0 aromatic heterocycles. The quantitative estimate of drug-likeness (QED) is 0.410. The minimum Gasteiger partial charge on any atom is -0.455 e. The Bertz CT molecular complexity index is 693. The summed E-state index contributed by atoms with van der Waals surface area (Å²) in [7, 11) is 0. The number of allylic oxidation sites excluding steroid dienone is 2. The lowest BCUT2D eigenvalue weighted by Crippen LogP contribution is -2.40. The number of halogens is 3. The van der Waals surface area contributed by atoms with Crippen molar-refractivity contribution in [2.75, 3.05) is 0 Å². The summed E-state index contributed by atoms with van der Waals surface area (Å²) in [5.41, 5.74) is -0.0428. The van der Waals surface area contributed by atoms with E-state index in [1.807, 2.05) is 0 Å². The molecule has 0 saturated carbocycles.